The molecule has 0 aliphatic heterocycles. The summed E-state index contributed by atoms with van der Waals surface area (Å²) in [6.45, 7) is 3.74. The zero-order chi connectivity index (χ0) is 21.7. The van der Waals surface area contributed by atoms with Gasteiger partial charge < -0.3 is 10.1 Å². The average Bonchev–Trinajstić information content (AvgIpc) is 3.04. The average molecular weight is 444 g/mol. The molecule has 0 atom stereocenters. The Kier molecular flexibility index (Phi) is 7.03. The number of carbonyl (C=O) groups is 2. The Morgan fingerprint density at radius 2 is 1.80 bits per heavy atom. The van der Waals surface area contributed by atoms with Gasteiger partial charge in [0.2, 0.25) is 5.91 Å². The van der Waals surface area contributed by atoms with Gasteiger partial charge in [-0.25, -0.2) is 9.18 Å². The van der Waals surface area contributed by atoms with Crippen LogP contribution in [0.15, 0.2) is 54.6 Å². The Bertz CT molecular complexity index is 1090. The zero-order valence-corrected chi connectivity index (χ0v) is 17.9. The molecule has 7 heteroatoms. The summed E-state index contributed by atoms with van der Waals surface area (Å²) in [7, 11) is 0. The van der Waals surface area contributed by atoms with Crippen molar-refractivity contribution in [1.82, 2.24) is 0 Å². The number of anilines is 1. The van der Waals surface area contributed by atoms with Crippen molar-refractivity contribution in [2.45, 2.75) is 13.8 Å². The summed E-state index contributed by atoms with van der Waals surface area (Å²) in [5.74, 6) is -1.30. The van der Waals surface area contributed by atoms with E-state index in [4.69, 9.17) is 16.3 Å². The normalized spacial score (nSPS) is 10.9. The molecule has 1 N–H and O–H groups in total. The smallest absolute Gasteiger partial charge is 0.341 e. The molecule has 2 aromatic carbocycles. The van der Waals surface area contributed by atoms with Crippen molar-refractivity contribution in [2.24, 2.45) is 0 Å². The number of carbonyl (C=O) groups excluding carboxylic acids is 2. The number of aryl methyl sites for hydroxylation is 1. The number of thiophene rings is 1. The molecule has 0 aliphatic rings. The third kappa shape index (κ3) is 5.14. The monoisotopic (exact) mass is 443 g/mol. The number of hydrogen-bond donors (Lipinski definition) is 1. The van der Waals surface area contributed by atoms with Crippen LogP contribution < -0.4 is 5.32 Å². The molecule has 0 saturated carbocycles. The highest BCUT2D eigenvalue weighted by molar-refractivity contribution is 7.17. The molecule has 1 amide bonds. The van der Waals surface area contributed by atoms with Crippen molar-refractivity contribution in [3.8, 4) is 11.1 Å². The first-order valence-corrected chi connectivity index (χ1v) is 10.4. The molecule has 1 heterocycles. The van der Waals surface area contributed by atoms with E-state index < -0.39 is 5.97 Å². The highest BCUT2D eigenvalue weighted by Crippen LogP contribution is 2.40. The molecule has 0 aliphatic carbocycles. The van der Waals surface area contributed by atoms with Crippen molar-refractivity contribution in [1.29, 1.82) is 0 Å². The lowest BCUT2D eigenvalue weighted by atomic mass is 10.0. The van der Waals surface area contributed by atoms with Crippen molar-refractivity contribution >= 4 is 45.9 Å². The molecular weight excluding hydrogens is 425 g/mol. The van der Waals surface area contributed by atoms with Crippen molar-refractivity contribution in [2.75, 3.05) is 11.9 Å². The van der Waals surface area contributed by atoms with E-state index in [0.717, 1.165) is 10.4 Å². The Morgan fingerprint density at radius 1 is 1.13 bits per heavy atom. The van der Waals surface area contributed by atoms with Crippen LogP contribution in [-0.4, -0.2) is 18.5 Å². The summed E-state index contributed by atoms with van der Waals surface area (Å²) in [5, 5.41) is 3.76. The maximum atomic E-state index is 13.3. The van der Waals surface area contributed by atoms with Gasteiger partial charge in [-0.2, -0.15) is 0 Å². The number of nitrogens with one attached hydrogen (secondary N) is 1. The summed E-state index contributed by atoms with van der Waals surface area (Å²) in [5.41, 5.74) is 2.37. The van der Waals surface area contributed by atoms with Crippen LogP contribution in [0, 0.1) is 12.7 Å². The van der Waals surface area contributed by atoms with Gasteiger partial charge >= 0.3 is 5.97 Å². The predicted molar refractivity (Wildman–Crippen MR) is 120 cm³/mol. The zero-order valence-electron chi connectivity index (χ0n) is 16.4. The molecule has 0 spiro atoms. The number of ether oxygens (including phenoxy) is 1. The second-order valence-electron chi connectivity index (χ2n) is 6.34. The summed E-state index contributed by atoms with van der Waals surface area (Å²) in [6, 6.07) is 12.9. The number of esters is 1. The fraction of sp³-hybridized carbons (Fsp3) is 0.130. The number of hydrogen-bond acceptors (Lipinski definition) is 4. The minimum atomic E-state index is -0.543. The quantitative estimate of drug-likeness (QED) is 0.357. The molecule has 4 nitrogen and oxygen atoms in total. The fourth-order valence-electron chi connectivity index (χ4n) is 2.89. The van der Waals surface area contributed by atoms with Crippen LogP contribution in [0.4, 0.5) is 9.39 Å². The van der Waals surface area contributed by atoms with Gasteiger partial charge in [0.05, 0.1) is 6.61 Å². The van der Waals surface area contributed by atoms with Crippen LogP contribution in [0.1, 0.15) is 27.7 Å². The van der Waals surface area contributed by atoms with E-state index in [-0.39, 0.29) is 23.9 Å². The van der Waals surface area contributed by atoms with Crippen molar-refractivity contribution < 1.29 is 18.7 Å². The van der Waals surface area contributed by atoms with Crippen molar-refractivity contribution in [3.63, 3.8) is 0 Å². The van der Waals surface area contributed by atoms with E-state index in [0.29, 0.717) is 21.2 Å². The summed E-state index contributed by atoms with van der Waals surface area (Å²) in [4.78, 5) is 25.9. The lowest BCUT2D eigenvalue weighted by molar-refractivity contribution is -0.111. The topological polar surface area (TPSA) is 55.4 Å². The first-order valence-electron chi connectivity index (χ1n) is 9.20. The van der Waals surface area contributed by atoms with Gasteiger partial charge in [0.1, 0.15) is 16.4 Å². The molecule has 0 bridgehead atoms. The minimum absolute atomic E-state index is 0.195. The first-order chi connectivity index (χ1) is 14.4. The molecule has 1 aromatic heterocycles. The maximum absolute atomic E-state index is 13.3. The van der Waals surface area contributed by atoms with E-state index >= 15 is 0 Å². The molecule has 0 radical (unpaired) electrons. The summed E-state index contributed by atoms with van der Waals surface area (Å²) in [6.07, 6.45) is 3.03. The molecule has 0 unspecified atom stereocenters. The Balaban J connectivity index is 1.92. The van der Waals surface area contributed by atoms with E-state index in [1.54, 1.807) is 49.4 Å². The molecule has 3 aromatic rings. The maximum Gasteiger partial charge on any atom is 0.341 e. The molecule has 3 rings (SSSR count). The lowest BCUT2D eigenvalue weighted by Crippen LogP contribution is -2.12. The van der Waals surface area contributed by atoms with Crippen LogP contribution in [-0.2, 0) is 9.53 Å². The van der Waals surface area contributed by atoms with Crippen molar-refractivity contribution in [3.05, 3.63) is 81.5 Å². The second-order valence-corrected chi connectivity index (χ2v) is 8.00. The molecule has 154 valence electrons. The van der Waals surface area contributed by atoms with E-state index in [2.05, 4.69) is 5.32 Å². The summed E-state index contributed by atoms with van der Waals surface area (Å²) >= 11 is 7.13. The van der Waals surface area contributed by atoms with E-state index in [9.17, 15) is 14.0 Å². The van der Waals surface area contributed by atoms with Crippen LogP contribution in [0.2, 0.25) is 5.02 Å². The number of benzene rings is 2. The third-order valence-electron chi connectivity index (χ3n) is 4.23. The van der Waals surface area contributed by atoms with E-state index in [1.807, 2.05) is 6.92 Å². The van der Waals surface area contributed by atoms with Gasteiger partial charge in [0, 0.05) is 21.5 Å². The Morgan fingerprint density at radius 3 is 2.43 bits per heavy atom. The Labute approximate surface area is 183 Å². The minimum Gasteiger partial charge on any atom is -0.462 e. The fourth-order valence-corrected chi connectivity index (χ4v) is 4.09. The van der Waals surface area contributed by atoms with Gasteiger partial charge in [-0.15, -0.1) is 11.3 Å². The van der Waals surface area contributed by atoms with Gasteiger partial charge in [-0.3, -0.25) is 4.79 Å². The van der Waals surface area contributed by atoms with Crippen LogP contribution in [0.25, 0.3) is 17.2 Å². The van der Waals surface area contributed by atoms with Crippen LogP contribution in [0.5, 0.6) is 0 Å². The predicted octanol–water partition coefficient (Wildman–Crippen LogP) is 6.34. The number of rotatable bonds is 6. The third-order valence-corrected chi connectivity index (χ3v) is 5.50. The van der Waals surface area contributed by atoms with Gasteiger partial charge in [-0.1, -0.05) is 35.9 Å². The van der Waals surface area contributed by atoms with Gasteiger partial charge in [0.25, 0.3) is 0 Å². The highest BCUT2D eigenvalue weighted by Gasteiger charge is 2.25. The van der Waals surface area contributed by atoms with Crippen LogP contribution >= 0.6 is 22.9 Å². The van der Waals surface area contributed by atoms with Gasteiger partial charge in [-0.05, 0) is 55.3 Å². The molecule has 0 saturated heterocycles. The molecule has 0 fully saturated rings. The SMILES string of the molecule is CCOC(=O)c1c(NC(=O)/C=C/c2ccc(Cl)cc2)sc(C)c1-c1ccc(F)cc1. The lowest BCUT2D eigenvalue weighted by Gasteiger charge is -2.08. The summed E-state index contributed by atoms with van der Waals surface area (Å²) < 4.78 is 18.5. The number of amides is 1. The number of halogens is 2. The first kappa shape index (κ1) is 21.7. The van der Waals surface area contributed by atoms with E-state index in [1.165, 1.54) is 29.5 Å². The highest BCUT2D eigenvalue weighted by atomic mass is 35.5. The standard InChI is InChI=1S/C23H19ClFNO3S/c1-3-29-23(28)21-20(16-7-11-18(25)12-8-16)14(2)30-22(21)26-19(27)13-6-15-4-9-17(24)10-5-15/h4-13H,3H2,1-2H3,(H,26,27)/b13-6+. The van der Waals surface area contributed by atoms with Gasteiger partial charge in [0.15, 0.2) is 0 Å². The largest absolute Gasteiger partial charge is 0.462 e. The van der Waals surface area contributed by atoms with Crippen LogP contribution in [0.3, 0.4) is 0 Å². The second kappa shape index (κ2) is 9.69. The molecular formula is C23H19ClFNO3S. The Hall–Kier alpha value is -2.96. The molecule has 30 heavy (non-hydrogen) atoms.